The van der Waals surface area contributed by atoms with Gasteiger partial charge in [-0.2, -0.15) is 0 Å². The Labute approximate surface area is 571 Å². The molecule has 0 aliphatic rings. The predicted molar refractivity (Wildman–Crippen MR) is 397 cm³/mol. The van der Waals surface area contributed by atoms with Crippen LogP contribution in [-0.2, 0) is 32.7 Å². The number of unbranched alkanes of at least 4 members (excludes halogenated alkanes) is 48. The van der Waals surface area contributed by atoms with Crippen LogP contribution >= 0.6 is 7.82 Å². The fourth-order valence-electron chi connectivity index (χ4n) is 11.7. The van der Waals surface area contributed by atoms with Crippen molar-refractivity contribution in [3.8, 4) is 0 Å². The summed E-state index contributed by atoms with van der Waals surface area (Å²) in [5, 5.41) is 0. The topological polar surface area (TPSA) is 111 Å². The minimum atomic E-state index is -4.65. The number of phosphoric acid groups is 1. The average molecular weight is 1310 g/mol. The van der Waals surface area contributed by atoms with E-state index in [1.807, 2.05) is 21.1 Å². The lowest BCUT2D eigenvalue weighted by atomic mass is 10.0. The zero-order valence-electron chi connectivity index (χ0n) is 61.5. The molecule has 0 fully saturated rings. The van der Waals surface area contributed by atoms with Crippen LogP contribution in [0.25, 0.3) is 0 Å². The molecule has 92 heavy (non-hydrogen) atoms. The molecular weight excluding hydrogens is 1160 g/mol. The quantitative estimate of drug-likeness (QED) is 0.0195. The molecule has 0 spiro atoms. The van der Waals surface area contributed by atoms with Crippen molar-refractivity contribution in [2.45, 2.75) is 392 Å². The van der Waals surface area contributed by atoms with Crippen molar-refractivity contribution < 1.29 is 42.1 Å². The van der Waals surface area contributed by atoms with Gasteiger partial charge in [-0.05, 0) is 83.5 Å². The van der Waals surface area contributed by atoms with E-state index in [-0.39, 0.29) is 32.0 Å². The van der Waals surface area contributed by atoms with Crippen molar-refractivity contribution in [1.29, 1.82) is 0 Å². The van der Waals surface area contributed by atoms with Gasteiger partial charge in [-0.25, -0.2) is 0 Å². The van der Waals surface area contributed by atoms with Crippen LogP contribution < -0.4 is 4.89 Å². The van der Waals surface area contributed by atoms with E-state index in [0.717, 1.165) is 77.0 Å². The van der Waals surface area contributed by atoms with Crippen LogP contribution in [0, 0.1) is 0 Å². The molecule has 0 saturated heterocycles. The van der Waals surface area contributed by atoms with Crippen LogP contribution in [0.5, 0.6) is 0 Å². The van der Waals surface area contributed by atoms with Gasteiger partial charge in [0.25, 0.3) is 7.82 Å². The first kappa shape index (κ1) is 89.5. The molecule has 2 unspecified atom stereocenters. The second-order valence-corrected chi connectivity index (χ2v) is 29.5. The Morgan fingerprint density at radius 3 is 0.935 bits per heavy atom. The number of hydrogen-bond acceptors (Lipinski definition) is 8. The second-order valence-electron chi connectivity index (χ2n) is 28.0. The van der Waals surface area contributed by atoms with Crippen molar-refractivity contribution in [1.82, 2.24) is 0 Å². The number of carbonyl (C=O) groups is 2. The van der Waals surface area contributed by atoms with E-state index in [0.29, 0.717) is 17.4 Å². The Bertz CT molecular complexity index is 1780. The van der Waals surface area contributed by atoms with Crippen molar-refractivity contribution in [2.75, 3.05) is 47.5 Å². The minimum Gasteiger partial charge on any atom is -0.756 e. The van der Waals surface area contributed by atoms with Gasteiger partial charge in [0.2, 0.25) is 0 Å². The summed E-state index contributed by atoms with van der Waals surface area (Å²) in [4.78, 5) is 38.1. The summed E-state index contributed by atoms with van der Waals surface area (Å²) in [7, 11) is 1.17. The van der Waals surface area contributed by atoms with Crippen molar-refractivity contribution in [3.63, 3.8) is 0 Å². The maximum Gasteiger partial charge on any atom is 0.306 e. The maximum atomic E-state index is 12.9. The molecule has 0 bridgehead atoms. The van der Waals surface area contributed by atoms with E-state index in [1.54, 1.807) is 0 Å². The van der Waals surface area contributed by atoms with Gasteiger partial charge >= 0.3 is 11.9 Å². The number of quaternary nitrogens is 1. The molecule has 0 saturated carbocycles. The smallest absolute Gasteiger partial charge is 0.306 e. The van der Waals surface area contributed by atoms with Gasteiger partial charge in [-0.3, -0.25) is 14.2 Å². The fourth-order valence-corrected chi connectivity index (χ4v) is 12.4. The molecule has 0 amide bonds. The van der Waals surface area contributed by atoms with Gasteiger partial charge < -0.3 is 27.9 Å². The van der Waals surface area contributed by atoms with Gasteiger partial charge in [0.1, 0.15) is 19.8 Å². The molecule has 0 rings (SSSR count). The van der Waals surface area contributed by atoms with E-state index in [1.165, 1.54) is 276 Å². The second kappa shape index (κ2) is 72.7. The Hall–Kier alpha value is -2.55. The van der Waals surface area contributed by atoms with E-state index >= 15 is 0 Å². The third kappa shape index (κ3) is 76.5. The number of phosphoric ester groups is 1. The third-order valence-corrected chi connectivity index (χ3v) is 18.7. The summed E-state index contributed by atoms with van der Waals surface area (Å²) in [6.07, 6.45) is 98.9. The minimum absolute atomic E-state index is 0.0318. The summed E-state index contributed by atoms with van der Waals surface area (Å²) in [5.41, 5.74) is 0. The van der Waals surface area contributed by atoms with Crippen molar-refractivity contribution in [2.24, 2.45) is 0 Å². The molecule has 9 nitrogen and oxygen atoms in total. The van der Waals surface area contributed by atoms with Crippen LogP contribution in [0.2, 0.25) is 0 Å². The molecule has 0 N–H and O–H groups in total. The van der Waals surface area contributed by atoms with Crippen LogP contribution in [0.3, 0.4) is 0 Å². The summed E-state index contributed by atoms with van der Waals surface area (Å²) in [6, 6.07) is 0. The fraction of sp³-hybridized carbons (Fsp3) is 0.829. The highest BCUT2D eigenvalue weighted by atomic mass is 31.2. The van der Waals surface area contributed by atoms with Crippen molar-refractivity contribution >= 4 is 19.8 Å². The number of hydrogen-bond donors (Lipinski definition) is 0. The lowest BCUT2D eigenvalue weighted by Crippen LogP contribution is -2.37. The molecule has 10 heteroatoms. The summed E-state index contributed by atoms with van der Waals surface area (Å²) in [6.45, 7) is 4.18. The van der Waals surface area contributed by atoms with Crippen molar-refractivity contribution in [3.05, 3.63) is 72.9 Å². The summed E-state index contributed by atoms with van der Waals surface area (Å²) < 4.78 is 34.4. The Balaban J connectivity index is 3.89. The molecule has 0 aromatic rings. The molecule has 538 valence electrons. The Morgan fingerprint density at radius 1 is 0.348 bits per heavy atom. The molecule has 0 aromatic heterocycles. The number of likely N-dealkylation sites (N-methyl/N-ethyl adjacent to an activating group) is 1. The van der Waals surface area contributed by atoms with Gasteiger partial charge in [0, 0.05) is 12.8 Å². The molecule has 0 aromatic carbocycles. The SMILES string of the molecule is CC/C=C\C/C=C\C/C=C\C/C=C\C/C=C\CCCCCCCCCCCCCC(=O)OC(COC(=O)CCCCCCCCCCCCCCCCCCCCCCCCCCCCCCC/C=C\CCCCCCCCCC)COP(=O)([O-])OCC[N+](C)(C)C. The van der Waals surface area contributed by atoms with E-state index < -0.39 is 26.5 Å². The molecule has 0 radical (unpaired) electrons. The molecule has 2 atom stereocenters. The Kier molecular flexibility index (Phi) is 70.7. The van der Waals surface area contributed by atoms with Gasteiger partial charge in [0.05, 0.1) is 27.7 Å². The average Bonchev–Trinajstić information content (AvgIpc) is 2.14. The summed E-state index contributed by atoms with van der Waals surface area (Å²) in [5.74, 6) is -0.822. The normalized spacial score (nSPS) is 13.4. The zero-order valence-corrected chi connectivity index (χ0v) is 62.4. The van der Waals surface area contributed by atoms with Crippen LogP contribution in [0.1, 0.15) is 386 Å². The Morgan fingerprint density at radius 2 is 0.620 bits per heavy atom. The van der Waals surface area contributed by atoms with Crippen LogP contribution in [0.4, 0.5) is 0 Å². The number of carbonyl (C=O) groups excluding carboxylic acids is 2. The monoisotopic (exact) mass is 1310 g/mol. The van der Waals surface area contributed by atoms with Crippen LogP contribution in [0.15, 0.2) is 72.9 Å². The van der Waals surface area contributed by atoms with E-state index in [4.69, 9.17) is 18.5 Å². The lowest BCUT2D eigenvalue weighted by Gasteiger charge is -2.28. The number of esters is 2. The lowest BCUT2D eigenvalue weighted by molar-refractivity contribution is -0.870. The zero-order chi connectivity index (χ0) is 66.9. The number of ether oxygens (including phenoxy) is 2. The van der Waals surface area contributed by atoms with Gasteiger partial charge in [-0.15, -0.1) is 0 Å². The van der Waals surface area contributed by atoms with Gasteiger partial charge in [-0.1, -0.05) is 363 Å². The molecule has 0 aliphatic carbocycles. The van der Waals surface area contributed by atoms with E-state index in [2.05, 4.69) is 86.8 Å². The maximum absolute atomic E-state index is 12.9. The number of allylic oxidation sites excluding steroid dienone is 12. The standard InChI is InChI=1S/C82H152NO8P/c1-6-8-10-12-14-16-18-20-22-24-26-28-30-32-34-35-36-37-38-39-40-41-42-43-44-45-46-47-49-50-52-54-56-58-60-62-64-66-68-70-72-74-81(84)88-78-80(79-90-92(86,87)89-77-76-83(3,4)5)91-82(85)75-73-71-69-67-65-63-61-59-57-55-53-51-48-33-31-29-27-25-23-21-19-17-15-13-11-9-7-2/h9,11,15,17,21,23-24,26-27,29,33,48,80H,6-8,10,12-14,16,18-20,22,25,28,30-32,34-47,49-79H2,1-5H3/b11-9-,17-15-,23-21-,26-24-,29-27-,48-33-. The molecule has 0 aliphatic heterocycles. The first-order valence-corrected chi connectivity index (χ1v) is 41.1. The highest BCUT2D eigenvalue weighted by molar-refractivity contribution is 7.45. The first-order chi connectivity index (χ1) is 45.0. The van der Waals surface area contributed by atoms with Crippen LogP contribution in [-0.4, -0.2) is 70.0 Å². The highest BCUT2D eigenvalue weighted by Gasteiger charge is 2.22. The number of nitrogens with zero attached hydrogens (tertiary/aromatic N) is 1. The molecular formula is C82H152NO8P. The first-order valence-electron chi connectivity index (χ1n) is 39.6. The predicted octanol–water partition coefficient (Wildman–Crippen LogP) is 25.7. The highest BCUT2D eigenvalue weighted by Crippen LogP contribution is 2.38. The number of rotatable bonds is 74. The van der Waals surface area contributed by atoms with Gasteiger partial charge in [0.15, 0.2) is 6.10 Å². The van der Waals surface area contributed by atoms with E-state index in [9.17, 15) is 19.0 Å². The summed E-state index contributed by atoms with van der Waals surface area (Å²) >= 11 is 0. The largest absolute Gasteiger partial charge is 0.756 e. The molecule has 0 heterocycles. The third-order valence-electron chi connectivity index (χ3n) is 17.7.